The van der Waals surface area contributed by atoms with Crippen LogP contribution in [0.15, 0.2) is 23.1 Å². The summed E-state index contributed by atoms with van der Waals surface area (Å²) in [4.78, 5) is 0.790. The Kier molecular flexibility index (Phi) is 3.94. The summed E-state index contributed by atoms with van der Waals surface area (Å²) in [7, 11) is -0.986. The average Bonchev–Trinajstić information content (AvgIpc) is 2.28. The Morgan fingerprint density at radius 1 is 1.53 bits per heavy atom. The molecule has 1 aromatic carbocycles. The van der Waals surface area contributed by atoms with E-state index in [1.807, 2.05) is 0 Å². The van der Waals surface area contributed by atoms with Gasteiger partial charge in [0, 0.05) is 16.7 Å². The zero-order valence-corrected chi connectivity index (χ0v) is 11.0. The minimum absolute atomic E-state index is 0.123. The molecule has 0 amide bonds. The van der Waals surface area contributed by atoms with Gasteiger partial charge in [-0.15, -0.1) is 0 Å². The molecule has 0 bridgehead atoms. The van der Waals surface area contributed by atoms with E-state index in [9.17, 15) is 8.60 Å². The van der Waals surface area contributed by atoms with Gasteiger partial charge in [-0.2, -0.15) is 0 Å². The van der Waals surface area contributed by atoms with Gasteiger partial charge in [0.05, 0.1) is 10.8 Å². The lowest BCUT2D eigenvalue weighted by Gasteiger charge is -2.31. The van der Waals surface area contributed by atoms with Crippen LogP contribution in [-0.2, 0) is 10.8 Å². The SMILES string of the molecule is CCCNC1c2cc(F)ccc2S(=O)CC1C. The summed E-state index contributed by atoms with van der Waals surface area (Å²) < 4.78 is 25.3. The summed E-state index contributed by atoms with van der Waals surface area (Å²) in [5, 5.41) is 3.42. The zero-order valence-electron chi connectivity index (χ0n) is 10.2. The molecular formula is C13H18FNOS. The predicted molar refractivity (Wildman–Crippen MR) is 67.9 cm³/mol. The molecule has 0 saturated heterocycles. The molecule has 0 fully saturated rings. The topological polar surface area (TPSA) is 29.1 Å². The predicted octanol–water partition coefficient (Wildman–Crippen LogP) is 2.62. The van der Waals surface area contributed by atoms with Crippen molar-refractivity contribution < 1.29 is 8.60 Å². The highest BCUT2D eigenvalue weighted by atomic mass is 32.2. The van der Waals surface area contributed by atoms with Crippen molar-refractivity contribution in [2.24, 2.45) is 5.92 Å². The molecule has 4 heteroatoms. The van der Waals surface area contributed by atoms with Crippen LogP contribution in [0.25, 0.3) is 0 Å². The number of hydrogen-bond acceptors (Lipinski definition) is 2. The molecule has 1 aliphatic rings. The van der Waals surface area contributed by atoms with Crippen molar-refractivity contribution in [3.8, 4) is 0 Å². The van der Waals surface area contributed by atoms with Crippen LogP contribution >= 0.6 is 0 Å². The Labute approximate surface area is 104 Å². The maximum absolute atomic E-state index is 13.3. The first kappa shape index (κ1) is 12.7. The van der Waals surface area contributed by atoms with Gasteiger partial charge in [0.25, 0.3) is 0 Å². The molecule has 1 aromatic rings. The lowest BCUT2D eigenvalue weighted by atomic mass is 9.95. The Balaban J connectivity index is 2.37. The molecule has 0 saturated carbocycles. The Morgan fingerprint density at radius 3 is 3.00 bits per heavy atom. The molecule has 0 spiro atoms. The fourth-order valence-corrected chi connectivity index (χ4v) is 3.83. The normalized spacial score (nSPS) is 27.8. The van der Waals surface area contributed by atoms with Crippen LogP contribution in [0.5, 0.6) is 0 Å². The van der Waals surface area contributed by atoms with Gasteiger partial charge in [-0.25, -0.2) is 4.39 Å². The molecule has 2 nitrogen and oxygen atoms in total. The summed E-state index contributed by atoms with van der Waals surface area (Å²) in [6, 6.07) is 4.70. The third-order valence-electron chi connectivity index (χ3n) is 3.15. The van der Waals surface area contributed by atoms with Crippen LogP contribution in [0.4, 0.5) is 4.39 Å². The van der Waals surface area contributed by atoms with Gasteiger partial charge < -0.3 is 5.32 Å². The van der Waals surface area contributed by atoms with Gasteiger partial charge >= 0.3 is 0 Å². The van der Waals surface area contributed by atoms with E-state index in [1.165, 1.54) is 12.1 Å². The Morgan fingerprint density at radius 2 is 2.29 bits per heavy atom. The second-order valence-corrected chi connectivity index (χ2v) is 6.07. The fraction of sp³-hybridized carbons (Fsp3) is 0.538. The minimum atomic E-state index is -0.986. The molecule has 0 aliphatic carbocycles. The van der Waals surface area contributed by atoms with Gasteiger partial charge in [0.1, 0.15) is 5.82 Å². The van der Waals surface area contributed by atoms with Crippen LogP contribution in [0.3, 0.4) is 0 Å². The van der Waals surface area contributed by atoms with Gasteiger partial charge in [-0.1, -0.05) is 13.8 Å². The molecule has 3 atom stereocenters. The van der Waals surface area contributed by atoms with Crippen molar-refractivity contribution in [1.82, 2.24) is 5.32 Å². The lowest BCUT2D eigenvalue weighted by Crippen LogP contribution is -2.34. The summed E-state index contributed by atoms with van der Waals surface area (Å²) in [6.07, 6.45) is 1.04. The molecule has 2 rings (SSSR count). The van der Waals surface area contributed by atoms with Crippen LogP contribution in [0.2, 0.25) is 0 Å². The second kappa shape index (κ2) is 5.27. The van der Waals surface area contributed by atoms with E-state index < -0.39 is 10.8 Å². The monoisotopic (exact) mass is 255 g/mol. The Hall–Kier alpha value is -0.740. The van der Waals surface area contributed by atoms with Gasteiger partial charge in [-0.05, 0) is 42.6 Å². The Bertz CT molecular complexity index is 435. The maximum atomic E-state index is 13.3. The largest absolute Gasteiger partial charge is 0.310 e. The third kappa shape index (κ3) is 2.58. The van der Waals surface area contributed by atoms with Crippen molar-refractivity contribution in [2.45, 2.75) is 31.2 Å². The smallest absolute Gasteiger partial charge is 0.123 e. The third-order valence-corrected chi connectivity index (χ3v) is 4.84. The molecule has 0 aromatic heterocycles. The molecule has 1 N–H and O–H groups in total. The van der Waals surface area contributed by atoms with Gasteiger partial charge in [0.15, 0.2) is 0 Å². The summed E-state index contributed by atoms with van der Waals surface area (Å²) in [5.41, 5.74) is 0.871. The van der Waals surface area contributed by atoms with E-state index in [0.29, 0.717) is 5.75 Å². The quantitative estimate of drug-likeness (QED) is 0.899. The highest BCUT2D eigenvalue weighted by Gasteiger charge is 2.30. The zero-order chi connectivity index (χ0) is 12.4. The van der Waals surface area contributed by atoms with Crippen molar-refractivity contribution in [3.05, 3.63) is 29.6 Å². The standard InChI is InChI=1S/C13H18FNOS/c1-3-6-15-13-9(2)8-17(16)12-5-4-10(14)7-11(12)13/h4-5,7,9,13,15H,3,6,8H2,1-2H3. The highest BCUT2D eigenvalue weighted by molar-refractivity contribution is 7.85. The van der Waals surface area contributed by atoms with Gasteiger partial charge in [0.2, 0.25) is 0 Å². The van der Waals surface area contributed by atoms with Gasteiger partial charge in [-0.3, -0.25) is 4.21 Å². The van der Waals surface area contributed by atoms with Crippen LogP contribution in [-0.4, -0.2) is 16.5 Å². The van der Waals surface area contributed by atoms with Crippen LogP contribution in [0, 0.1) is 11.7 Å². The molecule has 94 valence electrons. The highest BCUT2D eigenvalue weighted by Crippen LogP contribution is 2.34. The van der Waals surface area contributed by atoms with Crippen molar-refractivity contribution in [1.29, 1.82) is 0 Å². The summed E-state index contributed by atoms with van der Waals surface area (Å²) in [5.74, 6) is 0.676. The van der Waals surface area contributed by atoms with E-state index in [0.717, 1.165) is 23.4 Å². The average molecular weight is 255 g/mol. The maximum Gasteiger partial charge on any atom is 0.123 e. The first-order valence-electron chi connectivity index (χ1n) is 6.04. The first-order chi connectivity index (χ1) is 8.13. The molecule has 1 aliphatic heterocycles. The van der Waals surface area contributed by atoms with Crippen molar-refractivity contribution in [2.75, 3.05) is 12.3 Å². The minimum Gasteiger partial charge on any atom is -0.310 e. The van der Waals surface area contributed by atoms with E-state index >= 15 is 0 Å². The molecule has 1 heterocycles. The van der Waals surface area contributed by atoms with Crippen molar-refractivity contribution in [3.63, 3.8) is 0 Å². The molecule has 17 heavy (non-hydrogen) atoms. The molecular weight excluding hydrogens is 237 g/mol. The number of benzene rings is 1. The first-order valence-corrected chi connectivity index (χ1v) is 7.36. The number of nitrogens with one attached hydrogen (secondary N) is 1. The number of halogens is 1. The van der Waals surface area contributed by atoms with E-state index in [1.54, 1.807) is 6.07 Å². The van der Waals surface area contributed by atoms with Crippen molar-refractivity contribution >= 4 is 10.8 Å². The van der Waals surface area contributed by atoms with E-state index in [2.05, 4.69) is 19.2 Å². The van der Waals surface area contributed by atoms with Crippen LogP contribution < -0.4 is 5.32 Å². The fourth-order valence-electron chi connectivity index (χ4n) is 2.31. The second-order valence-electron chi connectivity index (χ2n) is 4.60. The molecule has 3 unspecified atom stereocenters. The molecule has 0 radical (unpaired) electrons. The van der Waals surface area contributed by atoms with E-state index in [4.69, 9.17) is 0 Å². The summed E-state index contributed by atoms with van der Waals surface area (Å²) in [6.45, 7) is 5.07. The number of fused-ring (bicyclic) bond motifs is 1. The van der Waals surface area contributed by atoms with E-state index in [-0.39, 0.29) is 17.8 Å². The number of hydrogen-bond donors (Lipinski definition) is 1. The number of rotatable bonds is 3. The lowest BCUT2D eigenvalue weighted by molar-refractivity contribution is 0.400. The summed E-state index contributed by atoms with van der Waals surface area (Å²) >= 11 is 0. The van der Waals surface area contributed by atoms with Crippen LogP contribution in [0.1, 0.15) is 31.9 Å².